The molecule has 0 aliphatic carbocycles. The lowest BCUT2D eigenvalue weighted by molar-refractivity contribution is -0.118. The third-order valence-electron chi connectivity index (χ3n) is 4.70. The van der Waals surface area contributed by atoms with Crippen molar-refractivity contribution in [2.24, 2.45) is 0 Å². The largest absolute Gasteiger partial charge is 0.484 e. The van der Waals surface area contributed by atoms with E-state index in [4.69, 9.17) is 4.74 Å². The molecule has 0 spiro atoms. The van der Waals surface area contributed by atoms with Crippen molar-refractivity contribution >= 4 is 50.8 Å². The standard InChI is InChI=1S/C22H28N2O4S3/c1-3-14-31(26,27)24-20-7-4-6-19(16(20)2)23-21(25)15-28-18-10-8-17(9-11-18)22-29-12-5-13-30-22/h4,6-11,22,24H,3,5,12-15H2,1-2H3,(H,23,25). The number of hydrogen-bond acceptors (Lipinski definition) is 6. The fourth-order valence-electron chi connectivity index (χ4n) is 3.11. The Labute approximate surface area is 193 Å². The highest BCUT2D eigenvalue weighted by Gasteiger charge is 2.17. The van der Waals surface area contributed by atoms with E-state index in [0.717, 1.165) is 0 Å². The van der Waals surface area contributed by atoms with Crippen molar-refractivity contribution in [3.63, 3.8) is 0 Å². The molecule has 1 aliphatic rings. The molecule has 6 nitrogen and oxygen atoms in total. The summed E-state index contributed by atoms with van der Waals surface area (Å²) in [6.07, 6.45) is 1.79. The quantitative estimate of drug-likeness (QED) is 0.523. The number of hydrogen-bond donors (Lipinski definition) is 2. The van der Waals surface area contributed by atoms with E-state index < -0.39 is 10.0 Å². The van der Waals surface area contributed by atoms with Gasteiger partial charge in [-0.05, 0) is 66.7 Å². The molecule has 2 aromatic carbocycles. The molecule has 0 atom stereocenters. The van der Waals surface area contributed by atoms with Crippen LogP contribution in [0.5, 0.6) is 5.75 Å². The van der Waals surface area contributed by atoms with E-state index in [9.17, 15) is 13.2 Å². The molecule has 0 bridgehead atoms. The number of benzene rings is 2. The van der Waals surface area contributed by atoms with Crippen molar-refractivity contribution in [3.05, 3.63) is 53.6 Å². The predicted molar refractivity (Wildman–Crippen MR) is 132 cm³/mol. The topological polar surface area (TPSA) is 84.5 Å². The van der Waals surface area contributed by atoms with Gasteiger partial charge in [0.2, 0.25) is 10.0 Å². The Morgan fingerprint density at radius 1 is 1.10 bits per heavy atom. The smallest absolute Gasteiger partial charge is 0.262 e. The van der Waals surface area contributed by atoms with Gasteiger partial charge in [-0.1, -0.05) is 25.1 Å². The minimum atomic E-state index is -3.40. The van der Waals surface area contributed by atoms with Crippen LogP contribution in [0.2, 0.25) is 0 Å². The van der Waals surface area contributed by atoms with E-state index >= 15 is 0 Å². The summed E-state index contributed by atoms with van der Waals surface area (Å²) in [5, 5.41) is 2.80. The highest BCUT2D eigenvalue weighted by Crippen LogP contribution is 2.43. The van der Waals surface area contributed by atoms with E-state index in [0.29, 0.717) is 33.7 Å². The molecule has 1 heterocycles. The van der Waals surface area contributed by atoms with Crippen molar-refractivity contribution in [1.29, 1.82) is 0 Å². The van der Waals surface area contributed by atoms with Gasteiger partial charge in [0.25, 0.3) is 5.91 Å². The molecule has 0 radical (unpaired) electrons. The van der Waals surface area contributed by atoms with Crippen LogP contribution < -0.4 is 14.8 Å². The van der Waals surface area contributed by atoms with Crippen LogP contribution in [0.3, 0.4) is 0 Å². The molecule has 2 aromatic rings. The van der Waals surface area contributed by atoms with Gasteiger partial charge in [0.1, 0.15) is 5.75 Å². The maximum Gasteiger partial charge on any atom is 0.262 e. The molecule has 1 fully saturated rings. The first-order chi connectivity index (χ1) is 14.9. The van der Waals surface area contributed by atoms with Crippen LogP contribution in [0.15, 0.2) is 42.5 Å². The van der Waals surface area contributed by atoms with Crippen molar-refractivity contribution in [1.82, 2.24) is 0 Å². The summed E-state index contributed by atoms with van der Waals surface area (Å²) in [5.74, 6) is 2.77. The van der Waals surface area contributed by atoms with Gasteiger partial charge in [0, 0.05) is 5.69 Å². The number of rotatable bonds is 9. The zero-order valence-corrected chi connectivity index (χ0v) is 20.2. The molecule has 0 aromatic heterocycles. The minimum absolute atomic E-state index is 0.0494. The lowest BCUT2D eigenvalue weighted by Crippen LogP contribution is -2.21. The second-order valence-corrected chi connectivity index (χ2v) is 11.8. The summed E-state index contributed by atoms with van der Waals surface area (Å²) < 4.78 is 32.8. The number of carbonyl (C=O) groups is 1. The molecular weight excluding hydrogens is 452 g/mol. The summed E-state index contributed by atoms with van der Waals surface area (Å²) in [5.41, 5.74) is 2.93. The van der Waals surface area contributed by atoms with Crippen molar-refractivity contribution in [3.8, 4) is 5.75 Å². The summed E-state index contributed by atoms with van der Waals surface area (Å²) in [6, 6.07) is 13.0. The average Bonchev–Trinajstić information content (AvgIpc) is 2.76. The van der Waals surface area contributed by atoms with Gasteiger partial charge >= 0.3 is 0 Å². The Kier molecular flexibility index (Phi) is 8.57. The van der Waals surface area contributed by atoms with Crippen LogP contribution in [0.1, 0.15) is 35.5 Å². The molecule has 9 heteroatoms. The number of carbonyl (C=O) groups excluding carboxylic acids is 1. The van der Waals surface area contributed by atoms with Gasteiger partial charge in [0.05, 0.1) is 16.0 Å². The van der Waals surface area contributed by atoms with Crippen LogP contribution in [-0.4, -0.2) is 38.2 Å². The SMILES string of the molecule is CCCS(=O)(=O)Nc1cccc(NC(=O)COc2ccc(C3SCCCS3)cc2)c1C. The van der Waals surface area contributed by atoms with Crippen LogP contribution in [0.25, 0.3) is 0 Å². The molecule has 1 saturated heterocycles. The zero-order valence-electron chi connectivity index (χ0n) is 17.7. The van der Waals surface area contributed by atoms with Gasteiger partial charge in [-0.25, -0.2) is 8.42 Å². The van der Waals surface area contributed by atoms with Crippen LogP contribution >= 0.6 is 23.5 Å². The Balaban J connectivity index is 1.55. The van der Waals surface area contributed by atoms with E-state index in [1.54, 1.807) is 25.1 Å². The molecule has 3 rings (SSSR count). The van der Waals surface area contributed by atoms with Crippen LogP contribution in [0.4, 0.5) is 11.4 Å². The molecule has 0 saturated carbocycles. The Hall–Kier alpha value is -1.84. The second-order valence-electron chi connectivity index (χ2n) is 7.23. The molecule has 2 N–H and O–H groups in total. The van der Waals surface area contributed by atoms with Gasteiger partial charge < -0.3 is 10.1 Å². The maximum absolute atomic E-state index is 12.4. The molecule has 1 aliphatic heterocycles. The van der Waals surface area contributed by atoms with Crippen LogP contribution in [0, 0.1) is 6.92 Å². The summed E-state index contributed by atoms with van der Waals surface area (Å²) >= 11 is 3.93. The maximum atomic E-state index is 12.4. The van der Waals surface area contributed by atoms with Gasteiger partial charge in [-0.2, -0.15) is 0 Å². The predicted octanol–water partition coefficient (Wildman–Crippen LogP) is 5.03. The zero-order chi connectivity index (χ0) is 22.3. The highest BCUT2D eigenvalue weighted by molar-refractivity contribution is 8.16. The number of ether oxygens (including phenoxy) is 1. The monoisotopic (exact) mass is 480 g/mol. The summed E-state index contributed by atoms with van der Waals surface area (Å²) in [6.45, 7) is 3.45. The first kappa shape index (κ1) is 23.8. The Bertz CT molecular complexity index is 988. The van der Waals surface area contributed by atoms with Gasteiger partial charge in [-0.15, -0.1) is 23.5 Å². The molecule has 168 valence electrons. The third-order valence-corrected chi connectivity index (χ3v) is 9.19. The summed E-state index contributed by atoms with van der Waals surface area (Å²) in [4.78, 5) is 12.4. The first-order valence-electron chi connectivity index (χ1n) is 10.2. The first-order valence-corrected chi connectivity index (χ1v) is 14.0. The third kappa shape index (κ3) is 7.08. The Morgan fingerprint density at radius 3 is 2.45 bits per heavy atom. The fraction of sp³-hybridized carbons (Fsp3) is 0.409. The number of thioether (sulfide) groups is 2. The molecule has 0 unspecified atom stereocenters. The Morgan fingerprint density at radius 2 is 1.77 bits per heavy atom. The molecular formula is C22H28N2O4S3. The van der Waals surface area contributed by atoms with Crippen molar-refractivity contribution in [2.75, 3.05) is 33.9 Å². The minimum Gasteiger partial charge on any atom is -0.484 e. The van der Waals surface area contributed by atoms with Crippen molar-refractivity contribution in [2.45, 2.75) is 31.3 Å². The van der Waals surface area contributed by atoms with Crippen LogP contribution in [-0.2, 0) is 14.8 Å². The van der Waals surface area contributed by atoms with Gasteiger partial charge in [-0.3, -0.25) is 9.52 Å². The molecule has 1 amide bonds. The number of anilines is 2. The number of sulfonamides is 1. The highest BCUT2D eigenvalue weighted by atomic mass is 32.2. The average molecular weight is 481 g/mol. The number of nitrogens with one attached hydrogen (secondary N) is 2. The van der Waals surface area contributed by atoms with E-state index in [1.807, 2.05) is 42.6 Å². The van der Waals surface area contributed by atoms with Crippen molar-refractivity contribution < 1.29 is 17.9 Å². The normalized spacial score (nSPS) is 14.8. The van der Waals surface area contributed by atoms with E-state index in [1.165, 1.54) is 23.5 Å². The van der Waals surface area contributed by atoms with Gasteiger partial charge in [0.15, 0.2) is 6.61 Å². The molecule has 31 heavy (non-hydrogen) atoms. The summed E-state index contributed by atoms with van der Waals surface area (Å²) in [7, 11) is -3.40. The lowest BCUT2D eigenvalue weighted by Gasteiger charge is -2.21. The fourth-order valence-corrected chi connectivity index (χ4v) is 7.20. The van der Waals surface area contributed by atoms with E-state index in [-0.39, 0.29) is 18.3 Å². The lowest BCUT2D eigenvalue weighted by atomic mass is 10.1. The van der Waals surface area contributed by atoms with E-state index in [2.05, 4.69) is 22.2 Å². The number of amides is 1. The second kappa shape index (κ2) is 11.2.